The maximum absolute atomic E-state index is 11.4. The fourth-order valence-corrected chi connectivity index (χ4v) is 1.63. The van der Waals surface area contributed by atoms with Crippen molar-refractivity contribution in [3.63, 3.8) is 0 Å². The number of ketones is 1. The Morgan fingerprint density at radius 3 is 2.69 bits per heavy atom. The molecule has 2 nitrogen and oxygen atoms in total. The van der Waals surface area contributed by atoms with Crippen LogP contribution in [0.5, 0.6) is 0 Å². The molecule has 88 valence electrons. The third-order valence-corrected chi connectivity index (χ3v) is 2.51. The Morgan fingerprint density at radius 1 is 1.25 bits per heavy atom. The Hall–Kier alpha value is -1.15. The molecule has 0 amide bonds. The van der Waals surface area contributed by atoms with E-state index in [0.29, 0.717) is 18.7 Å². The summed E-state index contributed by atoms with van der Waals surface area (Å²) in [6.07, 6.45) is 3.72. The van der Waals surface area contributed by atoms with Gasteiger partial charge in [-0.25, -0.2) is 0 Å². The zero-order chi connectivity index (χ0) is 11.6. The molecule has 0 fully saturated rings. The van der Waals surface area contributed by atoms with E-state index in [4.69, 9.17) is 0 Å². The van der Waals surface area contributed by atoms with E-state index >= 15 is 0 Å². The van der Waals surface area contributed by atoms with E-state index in [1.807, 2.05) is 18.2 Å². The normalized spacial score (nSPS) is 10.3. The minimum atomic E-state index is 0.324. The topological polar surface area (TPSA) is 29.1 Å². The number of carbonyl (C=O) groups excluding carboxylic acids is 1. The van der Waals surface area contributed by atoms with Crippen LogP contribution in [-0.4, -0.2) is 18.9 Å². The molecule has 0 aromatic heterocycles. The third-order valence-electron chi connectivity index (χ3n) is 2.51. The summed E-state index contributed by atoms with van der Waals surface area (Å²) in [6.45, 7) is 3.57. The van der Waals surface area contributed by atoms with Crippen LogP contribution in [0.2, 0.25) is 0 Å². The van der Waals surface area contributed by atoms with Crippen LogP contribution in [0.1, 0.15) is 31.7 Å². The SMILES string of the molecule is CCCNCC(=O)CCCc1ccccc1. The second-order valence-electron chi connectivity index (χ2n) is 4.05. The number of Topliss-reactive ketones (excluding diaryl/α,β-unsaturated/α-hetero) is 1. The molecule has 0 spiro atoms. The largest absolute Gasteiger partial charge is 0.310 e. The van der Waals surface area contributed by atoms with Crippen molar-refractivity contribution < 1.29 is 4.79 Å². The first kappa shape index (κ1) is 12.9. The van der Waals surface area contributed by atoms with Crippen LogP contribution >= 0.6 is 0 Å². The lowest BCUT2D eigenvalue weighted by molar-refractivity contribution is -0.118. The zero-order valence-corrected chi connectivity index (χ0v) is 10.0. The molecule has 0 heterocycles. The Morgan fingerprint density at radius 2 is 2.00 bits per heavy atom. The minimum absolute atomic E-state index is 0.324. The second kappa shape index (κ2) is 8.05. The molecule has 0 bridgehead atoms. The van der Waals surface area contributed by atoms with Crippen LogP contribution in [0, 0.1) is 0 Å². The van der Waals surface area contributed by atoms with E-state index < -0.39 is 0 Å². The first-order chi connectivity index (χ1) is 7.83. The van der Waals surface area contributed by atoms with Crippen molar-refractivity contribution in [1.29, 1.82) is 0 Å². The maximum atomic E-state index is 11.4. The number of aryl methyl sites for hydroxylation is 1. The van der Waals surface area contributed by atoms with Gasteiger partial charge in [-0.05, 0) is 31.4 Å². The molecule has 0 atom stereocenters. The van der Waals surface area contributed by atoms with Gasteiger partial charge >= 0.3 is 0 Å². The fraction of sp³-hybridized carbons (Fsp3) is 0.500. The quantitative estimate of drug-likeness (QED) is 0.681. The number of hydrogen-bond donors (Lipinski definition) is 1. The zero-order valence-electron chi connectivity index (χ0n) is 10.0. The number of carbonyl (C=O) groups is 1. The van der Waals surface area contributed by atoms with E-state index in [9.17, 15) is 4.79 Å². The van der Waals surface area contributed by atoms with E-state index in [0.717, 1.165) is 25.8 Å². The number of hydrogen-bond acceptors (Lipinski definition) is 2. The molecule has 16 heavy (non-hydrogen) atoms. The molecule has 0 unspecified atom stereocenters. The summed E-state index contributed by atoms with van der Waals surface area (Å²) in [5, 5.41) is 3.13. The molecule has 1 N–H and O–H groups in total. The van der Waals surface area contributed by atoms with Crippen LogP contribution in [-0.2, 0) is 11.2 Å². The van der Waals surface area contributed by atoms with Crippen molar-refractivity contribution in [2.24, 2.45) is 0 Å². The lowest BCUT2D eigenvalue weighted by Crippen LogP contribution is -2.23. The molecule has 0 saturated carbocycles. The smallest absolute Gasteiger partial charge is 0.146 e. The van der Waals surface area contributed by atoms with Crippen molar-refractivity contribution in [1.82, 2.24) is 5.32 Å². The van der Waals surface area contributed by atoms with Gasteiger partial charge in [-0.15, -0.1) is 0 Å². The summed E-state index contributed by atoms with van der Waals surface area (Å²) in [6, 6.07) is 10.3. The van der Waals surface area contributed by atoms with Gasteiger partial charge in [0.2, 0.25) is 0 Å². The van der Waals surface area contributed by atoms with Crippen molar-refractivity contribution in [3.8, 4) is 0 Å². The first-order valence-electron chi connectivity index (χ1n) is 6.09. The van der Waals surface area contributed by atoms with Gasteiger partial charge in [0, 0.05) is 6.42 Å². The summed E-state index contributed by atoms with van der Waals surface area (Å²) >= 11 is 0. The lowest BCUT2D eigenvalue weighted by Gasteiger charge is -2.03. The summed E-state index contributed by atoms with van der Waals surface area (Å²) in [4.78, 5) is 11.4. The lowest BCUT2D eigenvalue weighted by atomic mass is 10.1. The summed E-state index contributed by atoms with van der Waals surface area (Å²) in [5.41, 5.74) is 1.32. The Labute approximate surface area is 98.1 Å². The highest BCUT2D eigenvalue weighted by molar-refractivity contribution is 5.80. The summed E-state index contributed by atoms with van der Waals surface area (Å²) in [5.74, 6) is 0.324. The van der Waals surface area contributed by atoms with Gasteiger partial charge in [-0.3, -0.25) is 4.79 Å². The highest BCUT2D eigenvalue weighted by atomic mass is 16.1. The van der Waals surface area contributed by atoms with Crippen molar-refractivity contribution in [2.45, 2.75) is 32.6 Å². The van der Waals surface area contributed by atoms with E-state index in [1.54, 1.807) is 0 Å². The maximum Gasteiger partial charge on any atom is 0.146 e. The van der Waals surface area contributed by atoms with E-state index in [1.165, 1.54) is 5.56 Å². The Balaban J connectivity index is 2.09. The average Bonchev–Trinajstić information content (AvgIpc) is 2.31. The molecule has 0 radical (unpaired) electrons. The molecular weight excluding hydrogens is 198 g/mol. The summed E-state index contributed by atoms with van der Waals surface area (Å²) < 4.78 is 0. The Bertz CT molecular complexity index is 295. The summed E-state index contributed by atoms with van der Waals surface area (Å²) in [7, 11) is 0. The second-order valence-corrected chi connectivity index (χ2v) is 4.05. The molecule has 1 aromatic rings. The van der Waals surface area contributed by atoms with E-state index in [2.05, 4.69) is 24.4 Å². The van der Waals surface area contributed by atoms with E-state index in [-0.39, 0.29) is 0 Å². The monoisotopic (exact) mass is 219 g/mol. The molecule has 0 aliphatic carbocycles. The van der Waals surface area contributed by atoms with Crippen LogP contribution in [0.4, 0.5) is 0 Å². The average molecular weight is 219 g/mol. The molecule has 0 aliphatic rings. The molecule has 0 aliphatic heterocycles. The third kappa shape index (κ3) is 5.66. The molecule has 1 aromatic carbocycles. The van der Waals surface area contributed by atoms with Crippen molar-refractivity contribution in [3.05, 3.63) is 35.9 Å². The molecular formula is C14H21NO. The van der Waals surface area contributed by atoms with Crippen LogP contribution in [0.15, 0.2) is 30.3 Å². The highest BCUT2D eigenvalue weighted by Gasteiger charge is 2.00. The predicted molar refractivity (Wildman–Crippen MR) is 67.5 cm³/mol. The molecule has 0 saturated heterocycles. The number of rotatable bonds is 8. The van der Waals surface area contributed by atoms with Gasteiger partial charge in [0.1, 0.15) is 5.78 Å². The molecule has 1 rings (SSSR count). The highest BCUT2D eigenvalue weighted by Crippen LogP contribution is 2.04. The predicted octanol–water partition coefficient (Wildman–Crippen LogP) is 2.58. The fourth-order valence-electron chi connectivity index (χ4n) is 1.63. The van der Waals surface area contributed by atoms with Crippen molar-refractivity contribution >= 4 is 5.78 Å². The van der Waals surface area contributed by atoms with Gasteiger partial charge in [-0.1, -0.05) is 37.3 Å². The van der Waals surface area contributed by atoms with Gasteiger partial charge in [0.25, 0.3) is 0 Å². The minimum Gasteiger partial charge on any atom is -0.310 e. The van der Waals surface area contributed by atoms with Gasteiger partial charge in [0.05, 0.1) is 6.54 Å². The van der Waals surface area contributed by atoms with Crippen LogP contribution < -0.4 is 5.32 Å². The van der Waals surface area contributed by atoms with Gasteiger partial charge < -0.3 is 5.32 Å². The molecule has 2 heteroatoms. The number of benzene rings is 1. The first-order valence-corrected chi connectivity index (χ1v) is 6.09. The standard InChI is InChI=1S/C14H21NO/c1-2-11-15-12-14(16)10-6-9-13-7-4-3-5-8-13/h3-5,7-8,15H,2,6,9-12H2,1H3. The number of nitrogens with one attached hydrogen (secondary N) is 1. The van der Waals surface area contributed by atoms with Gasteiger partial charge in [0.15, 0.2) is 0 Å². The Kier molecular flexibility index (Phi) is 6.50. The van der Waals surface area contributed by atoms with Gasteiger partial charge in [-0.2, -0.15) is 0 Å². The van der Waals surface area contributed by atoms with Crippen LogP contribution in [0.3, 0.4) is 0 Å². The van der Waals surface area contributed by atoms with Crippen molar-refractivity contribution in [2.75, 3.05) is 13.1 Å². The van der Waals surface area contributed by atoms with Crippen LogP contribution in [0.25, 0.3) is 0 Å².